The molecule has 0 bridgehead atoms. The first-order valence-electron chi connectivity index (χ1n) is 12.1. The SMILES string of the molecule is O=S(=O)(N1CCN(c2ccc(OC[C@@H]3CO[C@@](Cn4cncn4)(c4ccc(Cl)cc4Cl)O3)cc2)CC1)C(F)(F)F. The molecule has 2 aliphatic heterocycles. The Morgan fingerprint density at radius 3 is 2.42 bits per heavy atom. The summed E-state index contributed by atoms with van der Waals surface area (Å²) in [5.74, 6) is -0.696. The normalized spacial score (nSPS) is 22.5. The lowest BCUT2D eigenvalue weighted by atomic mass is 10.1. The maximum absolute atomic E-state index is 12.8. The van der Waals surface area contributed by atoms with Crippen LogP contribution in [0.3, 0.4) is 0 Å². The lowest BCUT2D eigenvalue weighted by molar-refractivity contribution is -0.190. The van der Waals surface area contributed by atoms with Crippen molar-refractivity contribution in [2.24, 2.45) is 0 Å². The summed E-state index contributed by atoms with van der Waals surface area (Å²) in [4.78, 5) is 5.78. The predicted molar refractivity (Wildman–Crippen MR) is 140 cm³/mol. The Labute approximate surface area is 238 Å². The minimum atomic E-state index is -5.33. The Hall–Kier alpha value is -2.62. The highest BCUT2D eigenvalue weighted by Crippen LogP contribution is 2.40. The molecule has 2 aliphatic rings. The monoisotopic (exact) mass is 621 g/mol. The van der Waals surface area contributed by atoms with E-state index in [1.807, 2.05) is 4.90 Å². The van der Waals surface area contributed by atoms with Crippen LogP contribution in [-0.4, -0.2) is 78.5 Å². The van der Waals surface area contributed by atoms with Gasteiger partial charge in [0.2, 0.25) is 5.79 Å². The Balaban J connectivity index is 1.19. The van der Waals surface area contributed by atoms with E-state index < -0.39 is 27.4 Å². The molecule has 2 saturated heterocycles. The molecule has 2 aromatic carbocycles. The third-order valence-corrected chi connectivity index (χ3v) is 8.72. The van der Waals surface area contributed by atoms with Crippen LogP contribution in [0.1, 0.15) is 5.56 Å². The smallest absolute Gasteiger partial charge is 0.491 e. The number of anilines is 1. The number of rotatable bonds is 8. The Morgan fingerprint density at radius 1 is 1.07 bits per heavy atom. The lowest BCUT2D eigenvalue weighted by Gasteiger charge is -2.35. The highest BCUT2D eigenvalue weighted by molar-refractivity contribution is 7.90. The van der Waals surface area contributed by atoms with Crippen LogP contribution < -0.4 is 9.64 Å². The molecule has 3 aromatic rings. The van der Waals surface area contributed by atoms with E-state index >= 15 is 0 Å². The zero-order valence-corrected chi connectivity index (χ0v) is 23.1. The van der Waals surface area contributed by atoms with Gasteiger partial charge in [-0.2, -0.15) is 22.6 Å². The lowest BCUT2D eigenvalue weighted by Crippen LogP contribution is -2.52. The van der Waals surface area contributed by atoms with Crippen LogP contribution in [0.2, 0.25) is 10.0 Å². The van der Waals surface area contributed by atoms with Crippen molar-refractivity contribution in [3.8, 4) is 5.75 Å². The molecular weight excluding hydrogens is 598 g/mol. The number of hydrogen-bond acceptors (Lipinski definition) is 8. The number of alkyl halides is 3. The van der Waals surface area contributed by atoms with Gasteiger partial charge in [0, 0.05) is 42.5 Å². The Morgan fingerprint density at radius 2 is 1.80 bits per heavy atom. The van der Waals surface area contributed by atoms with Crippen LogP contribution in [0, 0.1) is 0 Å². The van der Waals surface area contributed by atoms with Crippen LogP contribution in [0.15, 0.2) is 55.1 Å². The predicted octanol–water partition coefficient (Wildman–Crippen LogP) is 3.90. The van der Waals surface area contributed by atoms with Crippen molar-refractivity contribution in [1.29, 1.82) is 0 Å². The maximum Gasteiger partial charge on any atom is 0.511 e. The van der Waals surface area contributed by atoms with Gasteiger partial charge in [-0.05, 0) is 36.4 Å². The molecule has 0 radical (unpaired) electrons. The van der Waals surface area contributed by atoms with Crippen molar-refractivity contribution in [3.05, 3.63) is 70.7 Å². The molecule has 2 fully saturated rings. The van der Waals surface area contributed by atoms with Crippen LogP contribution in [0.5, 0.6) is 5.75 Å². The van der Waals surface area contributed by atoms with E-state index in [2.05, 4.69) is 10.1 Å². The summed E-state index contributed by atoms with van der Waals surface area (Å²) in [6.45, 7) is 0.319. The molecule has 3 heterocycles. The average molecular weight is 622 g/mol. The van der Waals surface area contributed by atoms with Gasteiger partial charge in [0.15, 0.2) is 0 Å². The number of hydrogen-bond donors (Lipinski definition) is 0. The van der Waals surface area contributed by atoms with Gasteiger partial charge in [-0.1, -0.05) is 29.3 Å². The molecule has 0 aliphatic carbocycles. The van der Waals surface area contributed by atoms with E-state index in [9.17, 15) is 21.6 Å². The molecule has 216 valence electrons. The number of halogens is 5. The van der Waals surface area contributed by atoms with Gasteiger partial charge < -0.3 is 19.1 Å². The van der Waals surface area contributed by atoms with Gasteiger partial charge in [0.05, 0.1) is 11.6 Å². The summed E-state index contributed by atoms with van der Waals surface area (Å²) in [6, 6.07) is 12.0. The number of piperazine rings is 1. The van der Waals surface area contributed by atoms with Gasteiger partial charge in [-0.25, -0.2) is 18.1 Å². The first-order chi connectivity index (χ1) is 19.0. The van der Waals surface area contributed by atoms with E-state index in [0.717, 1.165) is 5.69 Å². The van der Waals surface area contributed by atoms with Gasteiger partial charge in [0.25, 0.3) is 0 Å². The van der Waals surface area contributed by atoms with E-state index in [-0.39, 0.29) is 45.9 Å². The van der Waals surface area contributed by atoms with Crippen LogP contribution in [0.4, 0.5) is 18.9 Å². The minimum Gasteiger partial charge on any atom is -0.491 e. The summed E-state index contributed by atoms with van der Waals surface area (Å²) in [5, 5.41) is 5.00. The molecule has 2 atom stereocenters. The number of nitrogens with zero attached hydrogens (tertiary/aromatic N) is 5. The summed E-state index contributed by atoms with van der Waals surface area (Å²) >= 11 is 12.6. The molecule has 0 saturated carbocycles. The molecule has 16 heteroatoms. The van der Waals surface area contributed by atoms with Crippen molar-refractivity contribution in [2.75, 3.05) is 44.3 Å². The second-order valence-electron chi connectivity index (χ2n) is 9.16. The highest BCUT2D eigenvalue weighted by Gasteiger charge is 2.50. The molecule has 0 spiro atoms. The minimum absolute atomic E-state index is 0.129. The van der Waals surface area contributed by atoms with E-state index in [1.165, 1.54) is 6.33 Å². The van der Waals surface area contributed by atoms with E-state index in [4.69, 9.17) is 37.4 Å². The summed E-state index contributed by atoms with van der Waals surface area (Å²) < 4.78 is 82.1. The molecule has 10 nitrogen and oxygen atoms in total. The molecule has 0 N–H and O–H groups in total. The first-order valence-corrected chi connectivity index (χ1v) is 14.3. The molecule has 5 rings (SSSR count). The van der Waals surface area contributed by atoms with Crippen LogP contribution in [-0.2, 0) is 31.8 Å². The third-order valence-electron chi connectivity index (χ3n) is 6.55. The topological polar surface area (TPSA) is 99.0 Å². The Bertz CT molecular complexity index is 1420. The van der Waals surface area contributed by atoms with Gasteiger partial charge in [0.1, 0.15) is 37.7 Å². The van der Waals surface area contributed by atoms with Crippen molar-refractivity contribution in [2.45, 2.75) is 23.9 Å². The van der Waals surface area contributed by atoms with E-state index in [1.54, 1.807) is 53.5 Å². The van der Waals surface area contributed by atoms with Crippen molar-refractivity contribution < 1.29 is 35.8 Å². The largest absolute Gasteiger partial charge is 0.511 e. The Kier molecular flexibility index (Phi) is 8.19. The quantitative estimate of drug-likeness (QED) is 0.373. The second kappa shape index (κ2) is 11.3. The van der Waals surface area contributed by atoms with Crippen molar-refractivity contribution in [1.82, 2.24) is 19.1 Å². The third kappa shape index (κ3) is 6.02. The standard InChI is InChI=1S/C24H24Cl2F3N5O5S/c25-17-1-6-21(22(26)11-17)23(14-33-16-30-15-31-33)38-13-20(39-23)12-37-19-4-2-18(3-5-19)32-7-9-34(10-8-32)40(35,36)24(27,28)29/h1-6,11,15-16,20H,7-10,12-14H2/t20-,23-/m1/s1. The fraction of sp³-hybridized carbons (Fsp3) is 0.417. The van der Waals surface area contributed by atoms with E-state index in [0.29, 0.717) is 25.7 Å². The second-order valence-corrected chi connectivity index (χ2v) is 11.9. The zero-order chi connectivity index (χ0) is 28.5. The maximum atomic E-state index is 12.8. The zero-order valence-electron chi connectivity index (χ0n) is 20.8. The molecule has 0 amide bonds. The average Bonchev–Trinajstić information content (AvgIpc) is 3.58. The molecule has 1 aromatic heterocycles. The summed E-state index contributed by atoms with van der Waals surface area (Å²) in [5.41, 5.74) is -3.98. The first kappa shape index (κ1) is 28.9. The fourth-order valence-corrected chi connectivity index (χ4v) is 6.05. The number of aromatic nitrogens is 3. The van der Waals surface area contributed by atoms with Gasteiger partial charge >= 0.3 is 15.5 Å². The van der Waals surface area contributed by atoms with Gasteiger partial charge in [-0.15, -0.1) is 0 Å². The number of benzene rings is 2. The van der Waals surface area contributed by atoms with Crippen molar-refractivity contribution in [3.63, 3.8) is 0 Å². The molecule has 40 heavy (non-hydrogen) atoms. The number of ether oxygens (including phenoxy) is 3. The highest BCUT2D eigenvalue weighted by atomic mass is 35.5. The molecule has 0 unspecified atom stereocenters. The summed E-state index contributed by atoms with van der Waals surface area (Å²) in [6.07, 6.45) is 2.50. The van der Waals surface area contributed by atoms with Crippen molar-refractivity contribution >= 4 is 38.9 Å². The van der Waals surface area contributed by atoms with Crippen LogP contribution >= 0.6 is 23.2 Å². The summed E-state index contributed by atoms with van der Waals surface area (Å²) in [7, 11) is -5.33. The van der Waals surface area contributed by atoms with Gasteiger partial charge in [-0.3, -0.25) is 0 Å². The van der Waals surface area contributed by atoms with Crippen LogP contribution in [0.25, 0.3) is 0 Å². The molecular formula is C24H24Cl2F3N5O5S. The fourth-order valence-electron chi connectivity index (χ4n) is 4.56. The number of sulfonamides is 1.